The van der Waals surface area contributed by atoms with E-state index >= 15 is 0 Å². The third-order valence-electron chi connectivity index (χ3n) is 19.2. The number of methoxy groups -OCH3 is 3. The zero-order valence-electron chi connectivity index (χ0n) is 54.0. The number of ketones is 1. The van der Waals surface area contributed by atoms with Crippen molar-refractivity contribution in [2.24, 2.45) is 5.92 Å². The fraction of sp³-hybridized carbons (Fsp3) is 0.850. The van der Waals surface area contributed by atoms with Gasteiger partial charge in [-0.05, 0) is 61.0 Å². The molecule has 31 unspecified atom stereocenters. The number of aliphatic hydroxyl groups excluding tert-OH is 4. The first-order valence-electron chi connectivity index (χ1n) is 31.3. The van der Waals surface area contributed by atoms with Crippen LogP contribution in [0.4, 0.5) is 0 Å². The lowest BCUT2D eigenvalue weighted by Gasteiger charge is -2.49. The SMILES string of the molecule is COCC1OC(OC2OCC3OC4(OC3C2OC(=O)C(C)C)OC(C)C(O)(C(C)=O)C2OCOC24)C(OC)C(O)C1OC1OC(C)C(OC)C(OC2CC3(C)OC4(CC(O)C(OC5CC(O)C(OC(=O)c6c(C)c(Cl)c(O)c(Cl)c6O)C(C)O5)C(C)O4)OC3C(C)O2)C1O. The smallest absolute Gasteiger partial charge is 0.342 e. The van der Waals surface area contributed by atoms with E-state index in [4.69, 9.17) is 127 Å². The van der Waals surface area contributed by atoms with Crippen molar-refractivity contribution in [1.29, 1.82) is 0 Å². The number of hydrogen-bond acceptors (Lipinski definition) is 32. The van der Waals surface area contributed by atoms with Gasteiger partial charge in [-0.2, -0.15) is 0 Å². The molecule has 1 aromatic carbocycles. The Balaban J connectivity index is 0.723. The molecule has 94 heavy (non-hydrogen) atoms. The van der Waals surface area contributed by atoms with Crippen molar-refractivity contribution in [3.8, 4) is 11.5 Å². The minimum Gasteiger partial charge on any atom is -0.505 e. The molecular formula is C60H86Cl2O32. The quantitative estimate of drug-likeness (QED) is 0.106. The van der Waals surface area contributed by atoms with E-state index in [0.29, 0.717) is 0 Å². The number of esters is 2. The van der Waals surface area contributed by atoms with Crippen molar-refractivity contribution in [2.75, 3.05) is 41.3 Å². The van der Waals surface area contributed by atoms with Crippen LogP contribution in [0.1, 0.15) is 97.5 Å². The summed E-state index contributed by atoms with van der Waals surface area (Å²) in [5.41, 5.74) is -3.75. The number of carbonyl (C=O) groups is 3. The molecule has 1 aromatic rings. The van der Waals surface area contributed by atoms with Crippen LogP contribution in [0, 0.1) is 12.8 Å². The van der Waals surface area contributed by atoms with Crippen molar-refractivity contribution in [2.45, 2.75) is 277 Å². The summed E-state index contributed by atoms with van der Waals surface area (Å²) in [6.07, 6.45) is -33.1. The van der Waals surface area contributed by atoms with Gasteiger partial charge in [0.25, 0.3) is 5.97 Å². The number of phenols is 2. The zero-order chi connectivity index (χ0) is 68.2. The Morgan fingerprint density at radius 1 is 0.638 bits per heavy atom. The monoisotopic (exact) mass is 1390 g/mol. The van der Waals surface area contributed by atoms with Crippen molar-refractivity contribution in [3.63, 3.8) is 0 Å². The van der Waals surface area contributed by atoms with E-state index in [1.54, 1.807) is 41.5 Å². The zero-order valence-corrected chi connectivity index (χ0v) is 55.5. The second-order valence-electron chi connectivity index (χ2n) is 26.0. The molecule has 10 fully saturated rings. The topological polar surface area (TPSA) is 396 Å². The van der Waals surface area contributed by atoms with Crippen LogP contribution in [0.5, 0.6) is 11.5 Å². The van der Waals surface area contributed by atoms with Gasteiger partial charge in [0.1, 0.15) is 96.2 Å². The lowest BCUT2D eigenvalue weighted by atomic mass is 9.81. The van der Waals surface area contributed by atoms with Crippen LogP contribution in [0.25, 0.3) is 0 Å². The van der Waals surface area contributed by atoms with Crippen LogP contribution in [0.2, 0.25) is 10.0 Å². The second-order valence-corrected chi connectivity index (χ2v) is 26.8. The summed E-state index contributed by atoms with van der Waals surface area (Å²) >= 11 is 12.1. The molecule has 0 amide bonds. The molecule has 532 valence electrons. The molecule has 10 aliphatic heterocycles. The van der Waals surface area contributed by atoms with Gasteiger partial charge in [0, 0.05) is 34.2 Å². The largest absolute Gasteiger partial charge is 0.505 e. The molecular weight excluding hydrogens is 1300 g/mol. The Hall–Kier alpha value is -2.99. The predicted molar refractivity (Wildman–Crippen MR) is 308 cm³/mol. The summed E-state index contributed by atoms with van der Waals surface area (Å²) in [7, 11) is 4.09. The molecule has 0 saturated carbocycles. The van der Waals surface area contributed by atoms with Crippen molar-refractivity contribution in [3.05, 3.63) is 21.2 Å². The average Bonchev–Trinajstić information content (AvgIpc) is 1.53. The number of aliphatic hydroxyl groups is 5. The minimum absolute atomic E-state index is 0.00412. The highest BCUT2D eigenvalue weighted by Gasteiger charge is 2.73. The maximum absolute atomic E-state index is 13.4. The van der Waals surface area contributed by atoms with Gasteiger partial charge in [0.05, 0.1) is 73.3 Å². The van der Waals surface area contributed by atoms with Crippen LogP contribution in [-0.2, 0) is 114 Å². The molecule has 34 heteroatoms. The summed E-state index contributed by atoms with van der Waals surface area (Å²) in [5, 5.41) is 78.9. The van der Waals surface area contributed by atoms with Crippen molar-refractivity contribution < 1.29 is 154 Å². The lowest BCUT2D eigenvalue weighted by Crippen LogP contribution is -2.72. The molecule has 10 aliphatic rings. The van der Waals surface area contributed by atoms with E-state index in [1.165, 1.54) is 49.0 Å². The van der Waals surface area contributed by atoms with Crippen molar-refractivity contribution in [1.82, 2.24) is 0 Å². The fourth-order valence-electron chi connectivity index (χ4n) is 14.4. The third-order valence-corrected chi connectivity index (χ3v) is 20.0. The summed E-state index contributed by atoms with van der Waals surface area (Å²) in [5.74, 6) is -8.30. The number of aromatic hydroxyl groups is 2. The number of halogens is 2. The minimum atomic E-state index is -2.13. The van der Waals surface area contributed by atoms with Crippen molar-refractivity contribution >= 4 is 40.9 Å². The summed E-state index contributed by atoms with van der Waals surface area (Å²) in [6, 6.07) is 0. The third kappa shape index (κ3) is 13.0. The van der Waals surface area contributed by atoms with E-state index in [-0.39, 0.29) is 49.9 Å². The highest BCUT2D eigenvalue weighted by Crippen LogP contribution is 2.53. The van der Waals surface area contributed by atoms with Gasteiger partial charge < -0.3 is 140 Å². The molecule has 32 nitrogen and oxygen atoms in total. The number of carbonyl (C=O) groups excluding carboxylic acids is 3. The molecule has 31 atom stereocenters. The molecule has 2 spiro atoms. The van der Waals surface area contributed by atoms with E-state index in [0.717, 1.165) is 0 Å². The van der Waals surface area contributed by atoms with Crippen LogP contribution in [0.15, 0.2) is 0 Å². The number of Topliss-reactive ketones (excluding diaryl/α,β-unsaturated/α-hetero) is 1. The summed E-state index contributed by atoms with van der Waals surface area (Å²) in [4.78, 5) is 39.6. The molecule has 0 aliphatic carbocycles. The number of hydrogen-bond donors (Lipinski definition) is 7. The normalized spacial score (nSPS) is 47.7. The maximum atomic E-state index is 13.4. The molecule has 10 heterocycles. The summed E-state index contributed by atoms with van der Waals surface area (Å²) < 4.78 is 136. The molecule has 11 rings (SSSR count). The number of benzene rings is 1. The van der Waals surface area contributed by atoms with E-state index in [1.807, 2.05) is 0 Å². The molecule has 0 aromatic heterocycles. The highest BCUT2D eigenvalue weighted by molar-refractivity contribution is 6.39. The molecule has 0 bridgehead atoms. The van der Waals surface area contributed by atoms with Gasteiger partial charge in [-0.3, -0.25) is 9.59 Å². The number of rotatable bonds is 17. The van der Waals surface area contributed by atoms with Gasteiger partial charge >= 0.3 is 17.9 Å². The summed E-state index contributed by atoms with van der Waals surface area (Å²) in [6.45, 7) is 14.8. The average molecular weight is 1390 g/mol. The Labute approximate surface area is 550 Å². The molecule has 10 saturated heterocycles. The van der Waals surface area contributed by atoms with Crippen LogP contribution in [-0.4, -0.2) is 284 Å². The Morgan fingerprint density at radius 2 is 1.32 bits per heavy atom. The molecule has 0 radical (unpaired) electrons. The number of ether oxygens (including phenoxy) is 22. The van der Waals surface area contributed by atoms with Crippen LogP contribution in [0.3, 0.4) is 0 Å². The second kappa shape index (κ2) is 27.9. The standard InChI is InChI=1S/C60H86Cl2O32/c1-20(2)52(70)86-48-45-31(91-60(92-45)51-50(77-19-78-51)59(72,26(8)63)27(9)90-60)18-76-55(48)88-56-47(75-13)39(68)44(30(82-56)17-73-11)87-54-40(69)46(43(74-12)23(5)81-54)84-33-16-57(10)49(25(7)80-33)93-58(94-57)15-29(65)42(24(6)89-58)83-32-14-28(64)41(22(4)79-32)85-53(71)34-21(3)35(61)38(67)36(62)37(34)66/h20,22-25,27-33,39-51,54-56,64-69,72H,14-19H2,1-13H3. The van der Waals surface area contributed by atoms with Gasteiger partial charge in [-0.15, -0.1) is 0 Å². The first-order valence-corrected chi connectivity index (χ1v) is 32.1. The van der Waals surface area contributed by atoms with E-state index < -0.39 is 235 Å². The Bertz CT molecular complexity index is 2840. The van der Waals surface area contributed by atoms with Crippen LogP contribution < -0.4 is 0 Å². The Kier molecular flexibility index (Phi) is 21.4. The van der Waals surface area contributed by atoms with Gasteiger partial charge in [-0.1, -0.05) is 37.0 Å². The van der Waals surface area contributed by atoms with E-state index in [9.17, 15) is 50.1 Å². The number of fused-ring (bicyclic) bond motifs is 4. The van der Waals surface area contributed by atoms with E-state index in [2.05, 4.69) is 0 Å². The van der Waals surface area contributed by atoms with Crippen LogP contribution >= 0.6 is 23.2 Å². The number of phenolic OH excluding ortho intramolecular Hbond substituents is 2. The Morgan fingerprint density at radius 3 is 1.98 bits per heavy atom. The first kappa shape index (κ1) is 72.3. The molecule has 7 N–H and O–H groups in total. The van der Waals surface area contributed by atoms with Gasteiger partial charge in [0.15, 0.2) is 66.4 Å². The first-order chi connectivity index (χ1) is 44.3. The van der Waals surface area contributed by atoms with Gasteiger partial charge in [0.2, 0.25) is 6.29 Å². The fourth-order valence-corrected chi connectivity index (χ4v) is 14.8. The van der Waals surface area contributed by atoms with Gasteiger partial charge in [-0.25, -0.2) is 4.79 Å². The predicted octanol–water partition coefficient (Wildman–Crippen LogP) is 0.749. The lowest BCUT2D eigenvalue weighted by molar-refractivity contribution is -0.428. The highest BCUT2D eigenvalue weighted by atomic mass is 35.5. The maximum Gasteiger partial charge on any atom is 0.342 e.